The molecule has 0 atom stereocenters. The number of anilines is 1. The Labute approximate surface area is 123 Å². The fraction of sp³-hybridized carbons (Fsp3) is 0.176. The summed E-state index contributed by atoms with van der Waals surface area (Å²) in [5, 5.41) is 3.04. The number of benzene rings is 1. The molecule has 3 aromatic rings. The maximum atomic E-state index is 12.6. The number of nitrogens with zero attached hydrogens (tertiary/aromatic N) is 2. The average molecular weight is 279 g/mol. The molecule has 3 rings (SSSR count). The lowest BCUT2D eigenvalue weighted by atomic mass is 10.1. The van der Waals surface area contributed by atoms with E-state index in [2.05, 4.69) is 17.2 Å². The number of aromatic nitrogens is 2. The molecule has 106 valence electrons. The van der Waals surface area contributed by atoms with Gasteiger partial charge in [-0.1, -0.05) is 25.1 Å². The van der Waals surface area contributed by atoms with E-state index in [-0.39, 0.29) is 5.91 Å². The molecule has 4 heteroatoms. The van der Waals surface area contributed by atoms with E-state index in [1.807, 2.05) is 48.0 Å². The Kier molecular flexibility index (Phi) is 3.44. The molecule has 0 aliphatic heterocycles. The summed E-state index contributed by atoms with van der Waals surface area (Å²) in [7, 11) is 0. The molecule has 2 heterocycles. The summed E-state index contributed by atoms with van der Waals surface area (Å²) < 4.78 is 1.84. The third kappa shape index (κ3) is 2.40. The van der Waals surface area contributed by atoms with Crippen LogP contribution in [0.25, 0.3) is 5.65 Å². The number of aryl methyl sites for hydroxylation is 2. The van der Waals surface area contributed by atoms with Crippen LogP contribution >= 0.6 is 0 Å². The normalized spacial score (nSPS) is 10.8. The minimum Gasteiger partial charge on any atom is -0.321 e. The zero-order valence-electron chi connectivity index (χ0n) is 12.1. The molecule has 0 spiro atoms. The van der Waals surface area contributed by atoms with E-state index in [0.717, 1.165) is 23.2 Å². The molecule has 1 N–H and O–H groups in total. The highest BCUT2D eigenvalue weighted by Gasteiger charge is 2.14. The molecule has 21 heavy (non-hydrogen) atoms. The van der Waals surface area contributed by atoms with Gasteiger partial charge in [-0.2, -0.15) is 0 Å². The average Bonchev–Trinajstić information content (AvgIpc) is 2.97. The second-order valence-corrected chi connectivity index (χ2v) is 5.00. The van der Waals surface area contributed by atoms with Crippen molar-refractivity contribution in [3.63, 3.8) is 0 Å². The van der Waals surface area contributed by atoms with E-state index in [0.29, 0.717) is 11.2 Å². The van der Waals surface area contributed by atoms with Gasteiger partial charge in [0, 0.05) is 24.3 Å². The summed E-state index contributed by atoms with van der Waals surface area (Å²) in [6.07, 6.45) is 6.28. The van der Waals surface area contributed by atoms with Gasteiger partial charge in [0.05, 0.1) is 5.56 Å². The van der Waals surface area contributed by atoms with Gasteiger partial charge >= 0.3 is 0 Å². The number of imidazole rings is 1. The number of para-hydroxylation sites is 1. The van der Waals surface area contributed by atoms with E-state index in [1.165, 1.54) is 0 Å². The van der Waals surface area contributed by atoms with Crippen molar-refractivity contribution in [3.8, 4) is 0 Å². The zero-order chi connectivity index (χ0) is 14.8. The van der Waals surface area contributed by atoms with Gasteiger partial charge in [0.2, 0.25) is 0 Å². The summed E-state index contributed by atoms with van der Waals surface area (Å²) in [6, 6.07) is 9.70. The van der Waals surface area contributed by atoms with Gasteiger partial charge < -0.3 is 9.72 Å². The largest absolute Gasteiger partial charge is 0.321 e. The standard InChI is InChI=1S/C17H17N3O/c1-3-13-7-4-6-12(2)15(13)19-17(21)14-8-5-10-20-11-9-18-16(14)20/h4-11H,3H2,1-2H3,(H,19,21). The van der Waals surface area contributed by atoms with E-state index < -0.39 is 0 Å². The van der Waals surface area contributed by atoms with E-state index in [4.69, 9.17) is 0 Å². The first-order valence-electron chi connectivity index (χ1n) is 7.02. The molecular weight excluding hydrogens is 262 g/mol. The van der Waals surface area contributed by atoms with Crippen molar-refractivity contribution < 1.29 is 4.79 Å². The number of nitrogens with one attached hydrogen (secondary N) is 1. The van der Waals surface area contributed by atoms with Crippen LogP contribution in [0.4, 0.5) is 5.69 Å². The van der Waals surface area contributed by atoms with Crippen molar-refractivity contribution in [2.75, 3.05) is 5.32 Å². The molecule has 0 unspecified atom stereocenters. The van der Waals surface area contributed by atoms with Crippen LogP contribution in [0.2, 0.25) is 0 Å². The number of pyridine rings is 1. The number of amides is 1. The maximum absolute atomic E-state index is 12.6. The lowest BCUT2D eigenvalue weighted by Crippen LogP contribution is -2.15. The molecule has 0 aliphatic rings. The van der Waals surface area contributed by atoms with Crippen molar-refractivity contribution in [1.82, 2.24) is 9.38 Å². The van der Waals surface area contributed by atoms with Crippen LogP contribution in [-0.4, -0.2) is 15.3 Å². The van der Waals surface area contributed by atoms with Gasteiger partial charge in [0.1, 0.15) is 5.65 Å². The molecule has 0 bridgehead atoms. The second kappa shape index (κ2) is 5.40. The summed E-state index contributed by atoms with van der Waals surface area (Å²) in [4.78, 5) is 16.8. The SMILES string of the molecule is CCc1cccc(C)c1NC(=O)c1cccn2ccnc12. The van der Waals surface area contributed by atoms with E-state index in [1.54, 1.807) is 12.3 Å². The molecule has 0 aliphatic carbocycles. The first-order chi connectivity index (χ1) is 10.2. The number of hydrogen-bond acceptors (Lipinski definition) is 2. The van der Waals surface area contributed by atoms with Crippen LogP contribution in [0, 0.1) is 6.92 Å². The second-order valence-electron chi connectivity index (χ2n) is 5.00. The minimum atomic E-state index is -0.129. The predicted molar refractivity (Wildman–Crippen MR) is 83.7 cm³/mol. The van der Waals surface area contributed by atoms with Crippen LogP contribution in [0.15, 0.2) is 48.9 Å². The molecule has 0 fully saturated rings. The van der Waals surface area contributed by atoms with Crippen LogP contribution in [-0.2, 0) is 6.42 Å². The number of rotatable bonds is 3. The van der Waals surface area contributed by atoms with Crippen molar-refractivity contribution >= 4 is 17.2 Å². The Bertz CT molecular complexity index is 805. The van der Waals surface area contributed by atoms with Crippen molar-refractivity contribution in [3.05, 3.63) is 65.6 Å². The van der Waals surface area contributed by atoms with Crippen molar-refractivity contribution in [2.24, 2.45) is 0 Å². The van der Waals surface area contributed by atoms with E-state index >= 15 is 0 Å². The lowest BCUT2D eigenvalue weighted by molar-refractivity contribution is 0.102. The van der Waals surface area contributed by atoms with Gasteiger partial charge in [0.25, 0.3) is 5.91 Å². The molecule has 0 radical (unpaired) electrons. The Balaban J connectivity index is 1.99. The van der Waals surface area contributed by atoms with Crippen LogP contribution < -0.4 is 5.32 Å². The fourth-order valence-corrected chi connectivity index (χ4v) is 2.51. The Morgan fingerprint density at radius 3 is 2.90 bits per heavy atom. The predicted octanol–water partition coefficient (Wildman–Crippen LogP) is 3.46. The summed E-state index contributed by atoms with van der Waals surface area (Å²) in [5.74, 6) is -0.129. The van der Waals surface area contributed by atoms with Crippen molar-refractivity contribution in [2.45, 2.75) is 20.3 Å². The lowest BCUT2D eigenvalue weighted by Gasteiger charge is -2.13. The first-order valence-corrected chi connectivity index (χ1v) is 7.02. The van der Waals surface area contributed by atoms with Crippen molar-refractivity contribution in [1.29, 1.82) is 0 Å². The molecule has 4 nitrogen and oxygen atoms in total. The topological polar surface area (TPSA) is 46.4 Å². The Hall–Kier alpha value is -2.62. The van der Waals surface area contributed by atoms with Crippen LogP contribution in [0.1, 0.15) is 28.4 Å². The summed E-state index contributed by atoms with van der Waals surface area (Å²) in [6.45, 7) is 4.09. The monoisotopic (exact) mass is 279 g/mol. The fourth-order valence-electron chi connectivity index (χ4n) is 2.51. The smallest absolute Gasteiger partial charge is 0.259 e. The number of carbonyl (C=O) groups excluding carboxylic acids is 1. The molecule has 0 saturated carbocycles. The number of hydrogen-bond donors (Lipinski definition) is 1. The van der Waals surface area contributed by atoms with Gasteiger partial charge in [0.15, 0.2) is 0 Å². The quantitative estimate of drug-likeness (QED) is 0.798. The van der Waals surface area contributed by atoms with Gasteiger partial charge in [-0.25, -0.2) is 4.98 Å². The van der Waals surface area contributed by atoms with E-state index in [9.17, 15) is 4.79 Å². The molecule has 2 aromatic heterocycles. The van der Waals surface area contributed by atoms with Gasteiger partial charge in [-0.15, -0.1) is 0 Å². The molecule has 1 aromatic carbocycles. The zero-order valence-corrected chi connectivity index (χ0v) is 12.1. The molecular formula is C17H17N3O. The summed E-state index contributed by atoms with van der Waals surface area (Å²) >= 11 is 0. The molecule has 1 amide bonds. The highest BCUT2D eigenvalue weighted by Crippen LogP contribution is 2.22. The Morgan fingerprint density at radius 2 is 2.10 bits per heavy atom. The summed E-state index contributed by atoms with van der Waals surface area (Å²) in [5.41, 5.74) is 4.35. The number of fused-ring (bicyclic) bond motifs is 1. The van der Waals surface area contributed by atoms with Gasteiger partial charge in [-0.3, -0.25) is 4.79 Å². The van der Waals surface area contributed by atoms with Crippen LogP contribution in [0.3, 0.4) is 0 Å². The highest BCUT2D eigenvalue weighted by atomic mass is 16.1. The maximum Gasteiger partial charge on any atom is 0.259 e. The number of carbonyl (C=O) groups is 1. The first kappa shape index (κ1) is 13.4. The minimum absolute atomic E-state index is 0.129. The Morgan fingerprint density at radius 1 is 1.24 bits per heavy atom. The van der Waals surface area contributed by atoms with Crippen LogP contribution in [0.5, 0.6) is 0 Å². The third-order valence-corrected chi connectivity index (χ3v) is 3.64. The third-order valence-electron chi connectivity index (χ3n) is 3.64. The van der Waals surface area contributed by atoms with Gasteiger partial charge in [-0.05, 0) is 36.6 Å². The highest BCUT2D eigenvalue weighted by molar-refractivity contribution is 6.08. The molecule has 0 saturated heterocycles.